The Hall–Kier alpha value is -3.28. The number of aromatic amines is 1. The molecule has 1 aliphatic carbocycles. The Labute approximate surface area is 164 Å². The number of hydrogen-bond donors (Lipinski definition) is 4. The zero-order valence-electron chi connectivity index (χ0n) is 15.7. The second-order valence-electron chi connectivity index (χ2n) is 7.17. The van der Waals surface area contributed by atoms with Crippen LogP contribution in [0, 0.1) is 11.3 Å². The summed E-state index contributed by atoms with van der Waals surface area (Å²) in [6, 6.07) is 15.8. The average Bonchev–Trinajstić information content (AvgIpc) is 3.41. The first kappa shape index (κ1) is 18.1. The first-order chi connectivity index (χ1) is 13.7. The number of nitrogens with one attached hydrogen (secondary N) is 3. The quantitative estimate of drug-likeness (QED) is 0.333. The molecule has 28 heavy (non-hydrogen) atoms. The van der Waals surface area contributed by atoms with Crippen LogP contribution >= 0.6 is 0 Å². The lowest BCUT2D eigenvalue weighted by Gasteiger charge is -2.13. The first-order valence-corrected chi connectivity index (χ1v) is 9.63. The minimum atomic E-state index is 0.0199. The first-order valence-electron chi connectivity index (χ1n) is 9.63. The molecule has 1 saturated carbocycles. The van der Waals surface area contributed by atoms with Crippen LogP contribution in [0.25, 0.3) is 11.3 Å². The minimum absolute atomic E-state index is 0.0199. The summed E-state index contributed by atoms with van der Waals surface area (Å²) >= 11 is 0. The van der Waals surface area contributed by atoms with E-state index in [1.165, 1.54) is 12.8 Å². The van der Waals surface area contributed by atoms with Crippen LogP contribution in [0.4, 0.5) is 5.69 Å². The molecule has 5 N–H and O–H groups in total. The fourth-order valence-corrected chi connectivity index (χ4v) is 3.12. The number of anilines is 1. The van der Waals surface area contributed by atoms with E-state index in [1.807, 2.05) is 42.6 Å². The van der Waals surface area contributed by atoms with Gasteiger partial charge in [0.1, 0.15) is 17.4 Å². The van der Waals surface area contributed by atoms with E-state index < -0.39 is 0 Å². The van der Waals surface area contributed by atoms with Crippen molar-refractivity contribution in [2.24, 2.45) is 11.7 Å². The monoisotopic (exact) mass is 375 g/mol. The molecule has 6 heteroatoms. The van der Waals surface area contributed by atoms with Gasteiger partial charge in [-0.15, -0.1) is 0 Å². The fourth-order valence-electron chi connectivity index (χ4n) is 3.12. The summed E-state index contributed by atoms with van der Waals surface area (Å²) in [5, 5.41) is 11.1. The summed E-state index contributed by atoms with van der Waals surface area (Å²) in [6.07, 6.45) is 5.51. The van der Waals surface area contributed by atoms with Gasteiger partial charge in [0.05, 0.1) is 30.6 Å². The van der Waals surface area contributed by atoms with E-state index in [9.17, 15) is 0 Å². The summed E-state index contributed by atoms with van der Waals surface area (Å²) in [4.78, 5) is 7.79. The van der Waals surface area contributed by atoms with Crippen LogP contribution < -0.4 is 15.8 Å². The maximum atomic E-state index is 7.76. The van der Waals surface area contributed by atoms with E-state index in [4.69, 9.17) is 15.9 Å². The third kappa shape index (κ3) is 4.52. The molecule has 0 spiro atoms. The minimum Gasteiger partial charge on any atom is -0.493 e. The van der Waals surface area contributed by atoms with E-state index in [2.05, 4.69) is 27.4 Å². The molecule has 6 nitrogen and oxygen atoms in total. The lowest BCUT2D eigenvalue weighted by molar-refractivity contribution is 0.302. The maximum absolute atomic E-state index is 7.76. The van der Waals surface area contributed by atoms with Crippen molar-refractivity contribution in [2.45, 2.75) is 25.8 Å². The summed E-state index contributed by atoms with van der Waals surface area (Å²) < 4.78 is 5.92. The fraction of sp³-hybridized carbons (Fsp3) is 0.273. The number of rotatable bonds is 9. The highest BCUT2D eigenvalue weighted by Crippen LogP contribution is 2.33. The van der Waals surface area contributed by atoms with Gasteiger partial charge in [-0.2, -0.15) is 0 Å². The number of ether oxygens (including phenoxy) is 1. The normalized spacial score (nSPS) is 13.3. The van der Waals surface area contributed by atoms with Crippen molar-refractivity contribution in [3.8, 4) is 17.0 Å². The smallest absolute Gasteiger partial charge is 0.132 e. The molecule has 1 aliphatic rings. The predicted molar refractivity (Wildman–Crippen MR) is 112 cm³/mol. The van der Waals surface area contributed by atoms with E-state index >= 15 is 0 Å². The number of aromatic nitrogens is 2. The van der Waals surface area contributed by atoms with E-state index in [-0.39, 0.29) is 5.84 Å². The van der Waals surface area contributed by atoms with Gasteiger partial charge in [0.25, 0.3) is 0 Å². The van der Waals surface area contributed by atoms with Gasteiger partial charge < -0.3 is 20.8 Å². The molecule has 4 rings (SSSR count). The van der Waals surface area contributed by atoms with Gasteiger partial charge in [-0.3, -0.25) is 5.41 Å². The van der Waals surface area contributed by atoms with Crippen LogP contribution in [0.5, 0.6) is 5.75 Å². The number of amidine groups is 1. The predicted octanol–water partition coefficient (Wildman–Crippen LogP) is 4.15. The Morgan fingerprint density at radius 2 is 2.04 bits per heavy atom. The molecule has 1 fully saturated rings. The highest BCUT2D eigenvalue weighted by molar-refractivity contribution is 5.98. The molecule has 3 aromatic rings. The topological polar surface area (TPSA) is 99.8 Å². The van der Waals surface area contributed by atoms with Gasteiger partial charge in [-0.25, -0.2) is 4.98 Å². The largest absolute Gasteiger partial charge is 0.493 e. The summed E-state index contributed by atoms with van der Waals surface area (Å²) in [5.41, 5.74) is 9.34. The molecule has 0 aliphatic heterocycles. The highest BCUT2D eigenvalue weighted by atomic mass is 16.5. The number of hydrogen-bond acceptors (Lipinski definition) is 4. The molecule has 2 aromatic carbocycles. The van der Waals surface area contributed by atoms with E-state index in [1.54, 1.807) is 0 Å². The second kappa shape index (κ2) is 8.17. The zero-order chi connectivity index (χ0) is 19.3. The van der Waals surface area contributed by atoms with E-state index in [0.29, 0.717) is 24.5 Å². The second-order valence-corrected chi connectivity index (χ2v) is 7.17. The van der Waals surface area contributed by atoms with Gasteiger partial charge >= 0.3 is 0 Å². The molecule has 1 aromatic heterocycles. The lowest BCUT2D eigenvalue weighted by atomic mass is 10.1. The van der Waals surface area contributed by atoms with Crippen LogP contribution in [-0.2, 0) is 6.54 Å². The van der Waals surface area contributed by atoms with Crippen molar-refractivity contribution in [3.63, 3.8) is 0 Å². The molecular weight excluding hydrogens is 350 g/mol. The Bertz CT molecular complexity index is 947. The number of benzene rings is 2. The van der Waals surface area contributed by atoms with Gasteiger partial charge in [0.15, 0.2) is 0 Å². The maximum Gasteiger partial charge on any atom is 0.132 e. The van der Waals surface area contributed by atoms with Gasteiger partial charge in [0, 0.05) is 11.8 Å². The van der Waals surface area contributed by atoms with Crippen molar-refractivity contribution in [3.05, 3.63) is 66.1 Å². The molecule has 144 valence electrons. The molecule has 0 unspecified atom stereocenters. The van der Waals surface area contributed by atoms with Crippen LogP contribution in [0.3, 0.4) is 0 Å². The van der Waals surface area contributed by atoms with Gasteiger partial charge in [-0.05, 0) is 30.0 Å². The summed E-state index contributed by atoms with van der Waals surface area (Å²) in [6.45, 7) is 1.22. The van der Waals surface area contributed by atoms with Gasteiger partial charge in [-0.1, -0.05) is 43.2 Å². The standard InChI is InChI=1S/C22H25N5O/c23-22(24)18-9-8-17(12-20(18)28-11-10-15-6-7-15)25-14-21-26-13-19(27-21)16-4-2-1-3-5-16/h1-5,8-9,12-13,15,25H,6-7,10-11,14H2,(H3,23,24)(H,26,27). The molecule has 0 atom stereocenters. The number of nitrogens with two attached hydrogens (primary N) is 1. The number of imidazole rings is 1. The Morgan fingerprint density at radius 1 is 1.21 bits per heavy atom. The van der Waals surface area contributed by atoms with Gasteiger partial charge in [0.2, 0.25) is 0 Å². The van der Waals surface area contributed by atoms with Crippen molar-refractivity contribution >= 4 is 11.5 Å². The Kier molecular flexibility index (Phi) is 5.28. The van der Waals surface area contributed by atoms with Crippen molar-refractivity contribution in [1.29, 1.82) is 5.41 Å². The number of H-pyrrole nitrogens is 1. The summed E-state index contributed by atoms with van der Waals surface area (Å²) in [5.74, 6) is 2.33. The third-order valence-corrected chi connectivity index (χ3v) is 4.93. The molecule has 0 radical (unpaired) electrons. The van der Waals surface area contributed by atoms with E-state index in [0.717, 1.165) is 35.1 Å². The van der Waals surface area contributed by atoms with Crippen molar-refractivity contribution in [2.75, 3.05) is 11.9 Å². The lowest BCUT2D eigenvalue weighted by Crippen LogP contribution is -2.14. The Balaban J connectivity index is 1.41. The molecule has 1 heterocycles. The van der Waals surface area contributed by atoms with Crippen molar-refractivity contribution in [1.82, 2.24) is 9.97 Å². The van der Waals surface area contributed by atoms with Crippen LogP contribution in [-0.4, -0.2) is 22.4 Å². The molecular formula is C22H25N5O. The van der Waals surface area contributed by atoms with Crippen molar-refractivity contribution < 1.29 is 4.74 Å². The summed E-state index contributed by atoms with van der Waals surface area (Å²) in [7, 11) is 0. The molecule has 0 amide bonds. The molecule has 0 bridgehead atoms. The number of nitrogens with zero attached hydrogens (tertiary/aromatic N) is 1. The van der Waals surface area contributed by atoms with Crippen LogP contribution in [0.2, 0.25) is 0 Å². The zero-order valence-corrected chi connectivity index (χ0v) is 15.7. The molecule has 0 saturated heterocycles. The number of nitrogen functional groups attached to an aromatic ring is 1. The average molecular weight is 375 g/mol. The SMILES string of the molecule is N=C(N)c1ccc(NCc2ncc(-c3ccccc3)[nH]2)cc1OCCC1CC1. The van der Waals surface area contributed by atoms with Crippen LogP contribution in [0.15, 0.2) is 54.7 Å². The highest BCUT2D eigenvalue weighted by Gasteiger charge is 2.21. The third-order valence-electron chi connectivity index (χ3n) is 4.93. The Morgan fingerprint density at radius 3 is 2.79 bits per heavy atom. The van der Waals surface area contributed by atoms with Crippen LogP contribution in [0.1, 0.15) is 30.7 Å².